The average molecular weight is 270 g/mol. The van der Waals surface area contributed by atoms with Gasteiger partial charge >= 0.3 is 0 Å². The van der Waals surface area contributed by atoms with Crippen molar-refractivity contribution in [1.82, 2.24) is 4.90 Å². The van der Waals surface area contributed by atoms with Gasteiger partial charge in [0, 0.05) is 25.9 Å². The van der Waals surface area contributed by atoms with Gasteiger partial charge in [-0.25, -0.2) is 4.39 Å². The van der Waals surface area contributed by atoms with Crippen LogP contribution in [0.2, 0.25) is 5.02 Å². The molecule has 1 saturated heterocycles. The Bertz CT molecular complexity index is 480. The number of hydrogen-bond donors (Lipinski definition) is 0. The molecule has 3 nitrogen and oxygen atoms in total. The van der Waals surface area contributed by atoms with Crippen molar-refractivity contribution < 1.29 is 14.0 Å². The lowest BCUT2D eigenvalue weighted by Crippen LogP contribution is -2.39. The fourth-order valence-electron chi connectivity index (χ4n) is 1.94. The third-order valence-corrected chi connectivity index (χ3v) is 3.30. The first-order valence-corrected chi connectivity index (χ1v) is 6.17. The molecule has 0 spiro atoms. The van der Waals surface area contributed by atoms with Crippen LogP contribution < -0.4 is 0 Å². The van der Waals surface area contributed by atoms with Crippen molar-refractivity contribution in [3.05, 3.63) is 34.6 Å². The second-order valence-corrected chi connectivity index (χ2v) is 4.75. The normalized spacial score (nSPS) is 15.9. The molecule has 0 N–H and O–H groups in total. The zero-order chi connectivity index (χ0) is 13.1. The number of ketones is 1. The van der Waals surface area contributed by atoms with E-state index in [4.69, 9.17) is 11.6 Å². The van der Waals surface area contributed by atoms with Gasteiger partial charge in [0.25, 0.3) is 0 Å². The Morgan fingerprint density at radius 1 is 1.33 bits per heavy atom. The van der Waals surface area contributed by atoms with Crippen molar-refractivity contribution in [2.45, 2.75) is 19.3 Å². The summed E-state index contributed by atoms with van der Waals surface area (Å²) < 4.78 is 13.0. The Balaban J connectivity index is 1.98. The van der Waals surface area contributed by atoms with Gasteiger partial charge in [-0.05, 0) is 17.7 Å². The second kappa shape index (κ2) is 5.48. The SMILES string of the molecule is O=C1CCN(C(=O)Cc2ccc(F)c(Cl)c2)CC1. The van der Waals surface area contributed by atoms with Crippen LogP contribution in [0.1, 0.15) is 18.4 Å². The van der Waals surface area contributed by atoms with E-state index in [0.717, 1.165) is 0 Å². The van der Waals surface area contributed by atoms with Gasteiger partial charge in [0.1, 0.15) is 11.6 Å². The monoisotopic (exact) mass is 269 g/mol. The summed E-state index contributed by atoms with van der Waals surface area (Å²) in [6.45, 7) is 0.958. The largest absolute Gasteiger partial charge is 0.342 e. The van der Waals surface area contributed by atoms with Gasteiger partial charge < -0.3 is 4.90 Å². The van der Waals surface area contributed by atoms with Crippen LogP contribution in [0, 0.1) is 5.82 Å². The molecule has 1 aromatic rings. The molecular weight excluding hydrogens is 257 g/mol. The minimum absolute atomic E-state index is 0.0223. The van der Waals surface area contributed by atoms with Crippen molar-refractivity contribution in [2.24, 2.45) is 0 Å². The standard InChI is InChI=1S/C13H13ClFNO2/c14-11-7-9(1-2-12(11)15)8-13(18)16-5-3-10(17)4-6-16/h1-2,7H,3-6,8H2. The molecule has 0 atom stereocenters. The summed E-state index contributed by atoms with van der Waals surface area (Å²) >= 11 is 5.66. The predicted molar refractivity (Wildman–Crippen MR) is 65.9 cm³/mol. The van der Waals surface area contributed by atoms with E-state index < -0.39 is 5.82 Å². The molecule has 0 aromatic heterocycles. The average Bonchev–Trinajstić information content (AvgIpc) is 2.34. The molecule has 1 aliphatic heterocycles. The summed E-state index contributed by atoms with van der Waals surface area (Å²) in [6.07, 6.45) is 1.04. The van der Waals surface area contributed by atoms with E-state index in [1.54, 1.807) is 11.0 Å². The third kappa shape index (κ3) is 3.07. The van der Waals surface area contributed by atoms with Crippen molar-refractivity contribution in [3.63, 3.8) is 0 Å². The van der Waals surface area contributed by atoms with Gasteiger partial charge in [-0.15, -0.1) is 0 Å². The third-order valence-electron chi connectivity index (χ3n) is 3.01. The minimum atomic E-state index is -0.489. The number of piperidine rings is 1. The first-order chi connectivity index (χ1) is 8.56. The fraction of sp³-hybridized carbons (Fsp3) is 0.385. The Morgan fingerprint density at radius 2 is 2.00 bits per heavy atom. The molecule has 1 fully saturated rings. The van der Waals surface area contributed by atoms with Crippen LogP contribution in [-0.4, -0.2) is 29.7 Å². The Kier molecular flexibility index (Phi) is 3.97. The minimum Gasteiger partial charge on any atom is -0.342 e. The van der Waals surface area contributed by atoms with Crippen molar-refractivity contribution >= 4 is 23.3 Å². The maximum Gasteiger partial charge on any atom is 0.227 e. The lowest BCUT2D eigenvalue weighted by atomic mass is 10.1. The maximum atomic E-state index is 13.0. The van der Waals surface area contributed by atoms with Crippen LogP contribution in [0.25, 0.3) is 0 Å². The van der Waals surface area contributed by atoms with Gasteiger partial charge in [-0.2, -0.15) is 0 Å². The molecule has 0 bridgehead atoms. The summed E-state index contributed by atoms with van der Waals surface area (Å²) in [7, 11) is 0. The molecule has 0 unspecified atom stereocenters. The zero-order valence-corrected chi connectivity index (χ0v) is 10.5. The number of carbonyl (C=O) groups excluding carboxylic acids is 2. The fourth-order valence-corrected chi connectivity index (χ4v) is 2.14. The first-order valence-electron chi connectivity index (χ1n) is 5.79. The van der Waals surface area contributed by atoms with Crippen molar-refractivity contribution in [3.8, 4) is 0 Å². The number of carbonyl (C=O) groups is 2. The number of likely N-dealkylation sites (tertiary alicyclic amines) is 1. The van der Waals surface area contributed by atoms with E-state index in [1.165, 1.54) is 12.1 Å². The summed E-state index contributed by atoms with van der Waals surface area (Å²) in [4.78, 5) is 24.7. The van der Waals surface area contributed by atoms with E-state index >= 15 is 0 Å². The lowest BCUT2D eigenvalue weighted by Gasteiger charge is -2.26. The summed E-state index contributed by atoms with van der Waals surface area (Å²) in [5, 5.41) is 0.0223. The van der Waals surface area contributed by atoms with Crippen LogP contribution in [0.15, 0.2) is 18.2 Å². The molecule has 0 aliphatic carbocycles. The molecule has 96 valence electrons. The molecule has 1 aromatic carbocycles. The highest BCUT2D eigenvalue weighted by Gasteiger charge is 2.20. The molecule has 5 heteroatoms. The Hall–Kier alpha value is -1.42. The molecule has 1 aliphatic rings. The predicted octanol–water partition coefficient (Wildman–Crippen LogP) is 2.21. The number of rotatable bonds is 2. The molecule has 2 rings (SSSR count). The number of hydrogen-bond acceptors (Lipinski definition) is 2. The Labute approximate surface area is 110 Å². The number of halogens is 2. The number of nitrogens with zero attached hydrogens (tertiary/aromatic N) is 1. The Morgan fingerprint density at radius 3 is 2.61 bits per heavy atom. The summed E-state index contributed by atoms with van der Waals surface area (Å²) in [5.74, 6) is -0.342. The first kappa shape index (κ1) is 13.0. The number of amides is 1. The number of benzene rings is 1. The van der Waals surface area contributed by atoms with Crippen LogP contribution >= 0.6 is 11.6 Å². The van der Waals surface area contributed by atoms with E-state index in [2.05, 4.69) is 0 Å². The van der Waals surface area contributed by atoms with E-state index in [1.807, 2.05) is 0 Å². The molecule has 1 heterocycles. The summed E-state index contributed by atoms with van der Waals surface area (Å²) in [6, 6.07) is 4.27. The topological polar surface area (TPSA) is 37.4 Å². The van der Waals surface area contributed by atoms with Gasteiger partial charge in [0.2, 0.25) is 5.91 Å². The lowest BCUT2D eigenvalue weighted by molar-refractivity contribution is -0.133. The van der Waals surface area contributed by atoms with Crippen LogP contribution in [0.3, 0.4) is 0 Å². The molecular formula is C13H13ClFNO2. The van der Waals surface area contributed by atoms with E-state index in [0.29, 0.717) is 31.5 Å². The van der Waals surface area contributed by atoms with Crippen LogP contribution in [0.5, 0.6) is 0 Å². The highest BCUT2D eigenvalue weighted by Crippen LogP contribution is 2.17. The molecule has 18 heavy (non-hydrogen) atoms. The van der Waals surface area contributed by atoms with Gasteiger partial charge in [-0.1, -0.05) is 17.7 Å². The zero-order valence-electron chi connectivity index (χ0n) is 9.79. The van der Waals surface area contributed by atoms with E-state index in [9.17, 15) is 14.0 Å². The van der Waals surface area contributed by atoms with Gasteiger partial charge in [-0.3, -0.25) is 9.59 Å². The summed E-state index contributed by atoms with van der Waals surface area (Å²) in [5.41, 5.74) is 0.684. The second-order valence-electron chi connectivity index (χ2n) is 4.34. The quantitative estimate of drug-likeness (QED) is 0.826. The van der Waals surface area contributed by atoms with Crippen molar-refractivity contribution in [2.75, 3.05) is 13.1 Å². The molecule has 1 amide bonds. The highest BCUT2D eigenvalue weighted by atomic mass is 35.5. The van der Waals surface area contributed by atoms with Gasteiger partial charge in [0.15, 0.2) is 0 Å². The maximum absolute atomic E-state index is 13.0. The van der Waals surface area contributed by atoms with Crippen LogP contribution in [-0.2, 0) is 16.0 Å². The van der Waals surface area contributed by atoms with Crippen molar-refractivity contribution in [1.29, 1.82) is 0 Å². The molecule has 0 radical (unpaired) electrons. The highest BCUT2D eigenvalue weighted by molar-refractivity contribution is 6.30. The van der Waals surface area contributed by atoms with Crippen LogP contribution in [0.4, 0.5) is 4.39 Å². The van der Waals surface area contributed by atoms with E-state index in [-0.39, 0.29) is 23.1 Å². The number of Topliss-reactive ketones (excluding diaryl/α,β-unsaturated/α-hetero) is 1. The smallest absolute Gasteiger partial charge is 0.227 e. The molecule has 0 saturated carbocycles. The van der Waals surface area contributed by atoms with Gasteiger partial charge in [0.05, 0.1) is 11.4 Å².